The number of benzene rings is 3. The summed E-state index contributed by atoms with van der Waals surface area (Å²) in [7, 11) is 1.65. The molecule has 6 heteroatoms. The van der Waals surface area contributed by atoms with Gasteiger partial charge in [-0.1, -0.05) is 15.9 Å². The first-order valence-corrected chi connectivity index (χ1v) is 10.1. The summed E-state index contributed by atoms with van der Waals surface area (Å²) < 4.78 is 11.8. The number of rotatable bonds is 5. The number of fused-ring (bicyclic) bond motifs is 1. The van der Waals surface area contributed by atoms with E-state index in [1.165, 1.54) is 0 Å². The molecule has 1 heterocycles. The third-order valence-corrected chi connectivity index (χ3v) is 5.02. The lowest BCUT2D eigenvalue weighted by Crippen LogP contribution is -2.19. The average Bonchev–Trinajstić information content (AvgIpc) is 2.94. The van der Waals surface area contributed by atoms with Crippen LogP contribution < -0.4 is 14.9 Å². The van der Waals surface area contributed by atoms with Gasteiger partial charge in [0.2, 0.25) is 0 Å². The van der Waals surface area contributed by atoms with Crippen molar-refractivity contribution in [3.05, 3.63) is 87.9 Å². The number of amidine groups is 1. The summed E-state index contributed by atoms with van der Waals surface area (Å²) in [5, 5.41) is 4.69. The minimum Gasteiger partial charge on any atom is -0.497 e. The van der Waals surface area contributed by atoms with E-state index in [9.17, 15) is 0 Å². The van der Waals surface area contributed by atoms with Crippen molar-refractivity contribution in [1.29, 1.82) is 0 Å². The first kappa shape index (κ1) is 19.2. The molecule has 0 saturated carbocycles. The van der Waals surface area contributed by atoms with Crippen molar-refractivity contribution in [1.82, 2.24) is 5.43 Å². The fraction of sp³-hybridized carbons (Fsp3) is 0.130. The summed E-state index contributed by atoms with van der Waals surface area (Å²) in [6.45, 7) is 2.61. The SMILES string of the molecule is CCOc1ccc(C2=NNC(c3ccc(OC)cc3)=Nc3ccc(Br)cc32)cc1. The highest BCUT2D eigenvalue weighted by atomic mass is 79.9. The second-order valence-corrected chi connectivity index (χ2v) is 7.30. The van der Waals surface area contributed by atoms with Crippen LogP contribution in [0.15, 0.2) is 81.3 Å². The largest absolute Gasteiger partial charge is 0.497 e. The zero-order valence-electron chi connectivity index (χ0n) is 16.1. The Labute approximate surface area is 178 Å². The number of halogens is 1. The Morgan fingerprint density at radius 3 is 2.28 bits per heavy atom. The van der Waals surface area contributed by atoms with Crippen molar-refractivity contribution < 1.29 is 9.47 Å². The van der Waals surface area contributed by atoms with Gasteiger partial charge >= 0.3 is 0 Å². The summed E-state index contributed by atoms with van der Waals surface area (Å²) in [5.74, 6) is 2.31. The molecule has 5 nitrogen and oxygen atoms in total. The van der Waals surface area contributed by atoms with Crippen molar-refractivity contribution in [2.75, 3.05) is 13.7 Å². The molecule has 1 N–H and O–H groups in total. The van der Waals surface area contributed by atoms with Gasteiger partial charge in [0, 0.05) is 21.2 Å². The lowest BCUT2D eigenvalue weighted by molar-refractivity contribution is 0.340. The zero-order chi connectivity index (χ0) is 20.2. The molecular formula is C23H20BrN3O2. The van der Waals surface area contributed by atoms with Crippen molar-refractivity contribution in [2.24, 2.45) is 10.1 Å². The maximum atomic E-state index is 5.56. The van der Waals surface area contributed by atoms with E-state index >= 15 is 0 Å². The molecule has 3 aromatic rings. The van der Waals surface area contributed by atoms with Gasteiger partial charge in [-0.25, -0.2) is 4.99 Å². The summed E-state index contributed by atoms with van der Waals surface area (Å²) >= 11 is 3.57. The molecule has 0 aromatic heterocycles. The van der Waals surface area contributed by atoms with Crippen LogP contribution in [0.4, 0.5) is 5.69 Å². The Kier molecular flexibility index (Phi) is 5.62. The predicted molar refractivity (Wildman–Crippen MR) is 120 cm³/mol. The molecule has 29 heavy (non-hydrogen) atoms. The van der Waals surface area contributed by atoms with Crippen LogP contribution in [0.3, 0.4) is 0 Å². The summed E-state index contributed by atoms with van der Waals surface area (Å²) in [6.07, 6.45) is 0. The second kappa shape index (κ2) is 8.49. The summed E-state index contributed by atoms with van der Waals surface area (Å²) in [6, 6.07) is 21.7. The van der Waals surface area contributed by atoms with E-state index in [-0.39, 0.29) is 0 Å². The van der Waals surface area contributed by atoms with Crippen LogP contribution in [-0.4, -0.2) is 25.3 Å². The molecule has 3 aromatic carbocycles. The molecule has 0 atom stereocenters. The lowest BCUT2D eigenvalue weighted by Gasteiger charge is -2.09. The van der Waals surface area contributed by atoms with E-state index in [0.717, 1.165) is 44.1 Å². The topological polar surface area (TPSA) is 55.2 Å². The van der Waals surface area contributed by atoms with Gasteiger partial charge in [0.25, 0.3) is 0 Å². The van der Waals surface area contributed by atoms with Gasteiger partial charge in [-0.2, -0.15) is 5.10 Å². The van der Waals surface area contributed by atoms with Crippen molar-refractivity contribution in [3.63, 3.8) is 0 Å². The molecule has 0 spiro atoms. The third kappa shape index (κ3) is 4.17. The highest BCUT2D eigenvalue weighted by Gasteiger charge is 2.18. The Balaban J connectivity index is 1.77. The van der Waals surface area contributed by atoms with Crippen LogP contribution in [0.25, 0.3) is 0 Å². The highest BCUT2D eigenvalue weighted by molar-refractivity contribution is 9.10. The van der Waals surface area contributed by atoms with Crippen LogP contribution in [0.5, 0.6) is 11.5 Å². The van der Waals surface area contributed by atoms with Crippen molar-refractivity contribution >= 4 is 33.2 Å². The van der Waals surface area contributed by atoms with Crippen molar-refractivity contribution in [2.45, 2.75) is 6.92 Å². The Hall–Kier alpha value is -3.12. The monoisotopic (exact) mass is 449 g/mol. The molecule has 0 bridgehead atoms. The Morgan fingerprint density at radius 1 is 0.897 bits per heavy atom. The van der Waals surface area contributed by atoms with Gasteiger partial charge in [0.05, 0.1) is 19.4 Å². The molecule has 0 fully saturated rings. The summed E-state index contributed by atoms with van der Waals surface area (Å²) in [4.78, 5) is 4.83. The first-order chi connectivity index (χ1) is 14.2. The van der Waals surface area contributed by atoms with Crippen molar-refractivity contribution in [3.8, 4) is 11.5 Å². The molecule has 0 unspecified atom stereocenters. The molecule has 146 valence electrons. The van der Waals surface area contributed by atoms with Gasteiger partial charge in [-0.3, -0.25) is 5.43 Å². The number of nitrogens with one attached hydrogen (secondary N) is 1. The number of ether oxygens (including phenoxy) is 2. The minimum atomic E-state index is 0.636. The molecule has 1 aliphatic heterocycles. The molecule has 0 saturated heterocycles. The smallest absolute Gasteiger partial charge is 0.154 e. The number of nitrogens with zero attached hydrogens (tertiary/aromatic N) is 2. The molecule has 1 aliphatic rings. The van der Waals surface area contributed by atoms with Crippen LogP contribution in [-0.2, 0) is 0 Å². The van der Waals surface area contributed by atoms with Crippen LogP contribution in [0.1, 0.15) is 23.6 Å². The van der Waals surface area contributed by atoms with Crippen LogP contribution in [0.2, 0.25) is 0 Å². The zero-order valence-corrected chi connectivity index (χ0v) is 17.7. The standard InChI is InChI=1S/C23H20BrN3O2/c1-3-29-19-11-4-15(5-12-19)22-20-14-17(24)8-13-21(20)25-23(27-26-22)16-6-9-18(28-2)10-7-16/h4-14H,3H2,1-2H3,(H,25,27). The van der Waals surface area contributed by atoms with Gasteiger partial charge in [0.15, 0.2) is 5.84 Å². The molecule has 4 rings (SSSR count). The average molecular weight is 450 g/mol. The van der Waals surface area contributed by atoms with Gasteiger partial charge < -0.3 is 9.47 Å². The van der Waals surface area contributed by atoms with E-state index in [0.29, 0.717) is 12.4 Å². The Morgan fingerprint density at radius 2 is 1.59 bits per heavy atom. The number of hydrogen-bond acceptors (Lipinski definition) is 5. The normalized spacial score (nSPS) is 12.8. The van der Waals surface area contributed by atoms with E-state index < -0.39 is 0 Å². The minimum absolute atomic E-state index is 0.636. The van der Waals surface area contributed by atoms with Crippen LogP contribution in [0, 0.1) is 0 Å². The number of hydrogen-bond donors (Lipinski definition) is 1. The molecule has 0 amide bonds. The number of hydrazone groups is 1. The van der Waals surface area contributed by atoms with E-state index in [1.807, 2.05) is 73.7 Å². The molecule has 0 radical (unpaired) electrons. The lowest BCUT2D eigenvalue weighted by atomic mass is 10.0. The maximum absolute atomic E-state index is 5.56. The molecular weight excluding hydrogens is 430 g/mol. The van der Waals surface area contributed by atoms with Gasteiger partial charge in [-0.05, 0) is 73.7 Å². The predicted octanol–water partition coefficient (Wildman–Crippen LogP) is 5.29. The van der Waals surface area contributed by atoms with Gasteiger partial charge in [-0.15, -0.1) is 0 Å². The Bertz CT molecular complexity index is 1070. The quantitative estimate of drug-likeness (QED) is 0.575. The first-order valence-electron chi connectivity index (χ1n) is 9.28. The third-order valence-electron chi connectivity index (χ3n) is 4.52. The fourth-order valence-corrected chi connectivity index (χ4v) is 3.44. The maximum Gasteiger partial charge on any atom is 0.154 e. The molecule has 0 aliphatic carbocycles. The number of methoxy groups -OCH3 is 1. The summed E-state index contributed by atoms with van der Waals surface area (Å²) in [5.41, 5.74) is 7.65. The highest BCUT2D eigenvalue weighted by Crippen LogP contribution is 2.29. The van der Waals surface area contributed by atoms with E-state index in [1.54, 1.807) is 7.11 Å². The fourth-order valence-electron chi connectivity index (χ4n) is 3.08. The number of aliphatic imine (C=N–C) groups is 1. The van der Waals surface area contributed by atoms with Crippen LogP contribution >= 0.6 is 15.9 Å². The van der Waals surface area contributed by atoms with E-state index in [2.05, 4.69) is 21.4 Å². The second-order valence-electron chi connectivity index (χ2n) is 6.38. The van der Waals surface area contributed by atoms with E-state index in [4.69, 9.17) is 19.6 Å². The van der Waals surface area contributed by atoms with Gasteiger partial charge in [0.1, 0.15) is 17.2 Å².